The normalized spacial score (nSPS) is 45.4. The Hall–Kier alpha value is -1.03. The zero-order valence-electron chi connectivity index (χ0n) is 19.1. The number of aliphatic hydroxyl groups is 1. The smallest absolute Gasteiger partial charge is 0.246 e. The summed E-state index contributed by atoms with van der Waals surface area (Å²) >= 11 is 5.90. The highest BCUT2D eigenvalue weighted by Crippen LogP contribution is 2.47. The molecule has 2 amide bonds. The predicted octanol–water partition coefficient (Wildman–Crippen LogP) is 2.03. The van der Waals surface area contributed by atoms with Crippen molar-refractivity contribution < 1.29 is 28.2 Å². The van der Waals surface area contributed by atoms with Crippen molar-refractivity contribution in [1.29, 1.82) is 0 Å². The molecule has 10 heteroatoms. The maximum atomic E-state index is 13.8. The first-order valence-electron chi connectivity index (χ1n) is 12.2. The lowest BCUT2D eigenvalue weighted by Crippen LogP contribution is -2.71. The second-order valence-corrected chi connectivity index (χ2v) is 11.1. The van der Waals surface area contributed by atoms with E-state index in [0.29, 0.717) is 57.8 Å². The molecule has 7 nitrogen and oxygen atoms in total. The van der Waals surface area contributed by atoms with Crippen LogP contribution in [0.4, 0.5) is 8.78 Å². The first-order valence-corrected chi connectivity index (χ1v) is 12.7. The number of ether oxygens (including phenoxy) is 1. The average Bonchev–Trinajstić information content (AvgIpc) is 2.77. The number of fused-ring (bicyclic) bond motifs is 3. The van der Waals surface area contributed by atoms with Crippen LogP contribution < -0.4 is 16.0 Å². The summed E-state index contributed by atoms with van der Waals surface area (Å²) in [7, 11) is 0. The van der Waals surface area contributed by atoms with E-state index in [1.807, 2.05) is 0 Å². The van der Waals surface area contributed by atoms with Crippen LogP contribution in [-0.2, 0) is 14.3 Å². The summed E-state index contributed by atoms with van der Waals surface area (Å²) in [6, 6.07) is -0.789. The van der Waals surface area contributed by atoms with Gasteiger partial charge in [-0.3, -0.25) is 9.59 Å². The average molecular weight is 492 g/mol. The SMILES string of the molecule is CC1NC(C(=O)NC23CCC(NC(=O)COC4CCC(Cl)C(F)C4)(CC2)C(O)C3)CCC1F. The molecule has 4 saturated carbocycles. The third-order valence-corrected chi connectivity index (χ3v) is 8.74. The van der Waals surface area contributed by atoms with Crippen LogP contribution in [0.1, 0.15) is 71.1 Å². The largest absolute Gasteiger partial charge is 0.391 e. The van der Waals surface area contributed by atoms with Gasteiger partial charge in [-0.2, -0.15) is 0 Å². The molecular weight excluding hydrogens is 456 g/mol. The van der Waals surface area contributed by atoms with Gasteiger partial charge in [0.15, 0.2) is 0 Å². The summed E-state index contributed by atoms with van der Waals surface area (Å²) in [5, 5.41) is 19.6. The second-order valence-electron chi connectivity index (χ2n) is 10.6. The van der Waals surface area contributed by atoms with Crippen molar-refractivity contribution in [1.82, 2.24) is 16.0 Å². The van der Waals surface area contributed by atoms with Gasteiger partial charge in [0, 0.05) is 18.0 Å². The second kappa shape index (κ2) is 9.91. The van der Waals surface area contributed by atoms with Crippen LogP contribution >= 0.6 is 11.6 Å². The fourth-order valence-electron chi connectivity index (χ4n) is 6.00. The molecule has 7 unspecified atom stereocenters. The predicted molar refractivity (Wildman–Crippen MR) is 119 cm³/mol. The zero-order valence-corrected chi connectivity index (χ0v) is 19.9. The fraction of sp³-hybridized carbons (Fsp3) is 0.913. The Morgan fingerprint density at radius 3 is 2.45 bits per heavy atom. The van der Waals surface area contributed by atoms with Gasteiger partial charge in [0.05, 0.1) is 29.2 Å². The molecule has 0 spiro atoms. The number of hydrogen-bond acceptors (Lipinski definition) is 5. The Balaban J connectivity index is 1.26. The van der Waals surface area contributed by atoms with Crippen molar-refractivity contribution in [2.24, 2.45) is 0 Å². The molecule has 188 valence electrons. The number of hydrogen-bond donors (Lipinski definition) is 4. The minimum Gasteiger partial charge on any atom is -0.391 e. The Labute approximate surface area is 198 Å². The number of rotatable bonds is 6. The number of aliphatic hydroxyl groups excluding tert-OH is 1. The van der Waals surface area contributed by atoms with Crippen LogP contribution in [0.2, 0.25) is 0 Å². The van der Waals surface area contributed by atoms with E-state index in [-0.39, 0.29) is 37.0 Å². The van der Waals surface area contributed by atoms with Gasteiger partial charge in [0.25, 0.3) is 0 Å². The van der Waals surface area contributed by atoms with E-state index in [1.165, 1.54) is 0 Å². The van der Waals surface area contributed by atoms with Crippen LogP contribution in [0.5, 0.6) is 0 Å². The maximum Gasteiger partial charge on any atom is 0.246 e. The number of amides is 2. The van der Waals surface area contributed by atoms with Crippen LogP contribution in [0.15, 0.2) is 0 Å². The van der Waals surface area contributed by atoms with E-state index < -0.39 is 40.9 Å². The Morgan fingerprint density at radius 1 is 1.09 bits per heavy atom. The van der Waals surface area contributed by atoms with Crippen molar-refractivity contribution in [2.45, 2.75) is 124 Å². The third kappa shape index (κ3) is 5.46. The van der Waals surface area contributed by atoms with Gasteiger partial charge in [-0.25, -0.2) is 8.78 Å². The third-order valence-electron chi connectivity index (χ3n) is 8.25. The van der Waals surface area contributed by atoms with Gasteiger partial charge >= 0.3 is 0 Å². The lowest BCUT2D eigenvalue weighted by Gasteiger charge is -2.56. The molecular formula is C23H36ClF2N3O4. The molecule has 33 heavy (non-hydrogen) atoms. The standard InChI is InChI=1S/C23H36ClF2N3O4/c1-13-16(25)4-5-18(27-13)21(32)29-22-6-8-23(9-7-22,19(30)11-22)28-20(31)12-33-14-2-3-15(24)17(26)10-14/h13-19,27,30H,2-12H2,1H3,(H,28,31)(H,29,32). The number of halogens is 3. The molecule has 1 heterocycles. The van der Waals surface area contributed by atoms with Gasteiger partial charge in [-0.1, -0.05) is 0 Å². The van der Waals surface area contributed by atoms with E-state index in [9.17, 15) is 23.5 Å². The molecule has 5 fully saturated rings. The number of carbonyl (C=O) groups excluding carboxylic acids is 2. The van der Waals surface area contributed by atoms with Gasteiger partial charge in [-0.15, -0.1) is 11.6 Å². The molecule has 7 atom stereocenters. The molecule has 2 bridgehead atoms. The molecule has 0 aromatic heterocycles. The van der Waals surface area contributed by atoms with Crippen molar-refractivity contribution in [3.63, 3.8) is 0 Å². The van der Waals surface area contributed by atoms with Crippen LogP contribution in [0.25, 0.3) is 0 Å². The molecule has 1 aliphatic heterocycles. The highest BCUT2D eigenvalue weighted by Gasteiger charge is 2.55. The molecule has 1 saturated heterocycles. The Kier molecular flexibility index (Phi) is 7.53. The first-order chi connectivity index (χ1) is 15.6. The lowest BCUT2D eigenvalue weighted by atomic mass is 9.59. The van der Waals surface area contributed by atoms with Gasteiger partial charge < -0.3 is 25.8 Å². The molecule has 0 aromatic rings. The summed E-state index contributed by atoms with van der Waals surface area (Å²) in [6.45, 7) is 1.56. The van der Waals surface area contributed by atoms with Gasteiger partial charge in [0.1, 0.15) is 19.0 Å². The molecule has 0 radical (unpaired) electrons. The molecule has 4 aliphatic carbocycles. The zero-order chi connectivity index (χ0) is 23.8. The van der Waals surface area contributed by atoms with Crippen LogP contribution in [-0.4, -0.2) is 76.6 Å². The number of carbonyl (C=O) groups is 2. The summed E-state index contributed by atoms with van der Waals surface area (Å²) in [5.41, 5.74) is -1.24. The fourth-order valence-corrected chi connectivity index (χ4v) is 6.23. The van der Waals surface area contributed by atoms with E-state index in [2.05, 4.69) is 16.0 Å². The molecule has 0 aromatic carbocycles. The Bertz CT molecular complexity index is 736. The monoisotopic (exact) mass is 491 g/mol. The quantitative estimate of drug-likeness (QED) is 0.426. The van der Waals surface area contributed by atoms with E-state index in [4.69, 9.17) is 16.3 Å². The van der Waals surface area contributed by atoms with Crippen molar-refractivity contribution >= 4 is 23.4 Å². The maximum absolute atomic E-state index is 13.8. The summed E-state index contributed by atoms with van der Waals surface area (Å²) < 4.78 is 33.1. The summed E-state index contributed by atoms with van der Waals surface area (Å²) in [6.07, 6.45) is 1.71. The molecule has 5 rings (SSSR count). The molecule has 5 aliphatic rings. The number of piperidine rings is 1. The van der Waals surface area contributed by atoms with E-state index in [0.717, 1.165) is 0 Å². The number of nitrogens with one attached hydrogen (secondary N) is 3. The first kappa shape index (κ1) is 25.1. The van der Waals surface area contributed by atoms with Crippen molar-refractivity contribution in [3.8, 4) is 0 Å². The lowest BCUT2D eigenvalue weighted by molar-refractivity contribution is -0.140. The van der Waals surface area contributed by atoms with Crippen LogP contribution in [0, 0.1) is 0 Å². The molecule has 4 N–H and O–H groups in total. The van der Waals surface area contributed by atoms with Gasteiger partial charge in [0.2, 0.25) is 11.8 Å². The minimum atomic E-state index is -1.13. The van der Waals surface area contributed by atoms with Crippen molar-refractivity contribution in [3.05, 3.63) is 0 Å². The topological polar surface area (TPSA) is 99.7 Å². The van der Waals surface area contributed by atoms with E-state index >= 15 is 0 Å². The van der Waals surface area contributed by atoms with E-state index in [1.54, 1.807) is 6.92 Å². The number of alkyl halides is 3. The van der Waals surface area contributed by atoms with Gasteiger partial charge in [-0.05, 0) is 64.7 Å². The minimum absolute atomic E-state index is 0.148. The Morgan fingerprint density at radius 2 is 1.82 bits per heavy atom. The highest BCUT2D eigenvalue weighted by atomic mass is 35.5. The highest BCUT2D eigenvalue weighted by molar-refractivity contribution is 6.21. The van der Waals surface area contributed by atoms with Crippen molar-refractivity contribution in [2.75, 3.05) is 6.61 Å². The summed E-state index contributed by atoms with van der Waals surface area (Å²) in [5.74, 6) is -0.470. The van der Waals surface area contributed by atoms with Crippen LogP contribution in [0.3, 0.4) is 0 Å². The summed E-state index contributed by atoms with van der Waals surface area (Å²) in [4.78, 5) is 25.4.